The first kappa shape index (κ1) is 17.4. The smallest absolute Gasteiger partial charge is 0.267 e. The number of benzene rings is 2. The Morgan fingerprint density at radius 1 is 1.07 bits per heavy atom. The number of furan rings is 1. The fraction of sp³-hybridized carbons (Fsp3) is 0.0909. The molecule has 0 radical (unpaired) electrons. The minimum absolute atomic E-state index is 0.0624. The largest absolute Gasteiger partial charge is 0.467 e. The number of rotatable bonds is 4. The van der Waals surface area contributed by atoms with Crippen molar-refractivity contribution < 1.29 is 9.21 Å². The van der Waals surface area contributed by atoms with E-state index in [0.717, 1.165) is 22.6 Å². The van der Waals surface area contributed by atoms with Gasteiger partial charge in [0.25, 0.3) is 5.91 Å². The fourth-order valence-corrected chi connectivity index (χ4v) is 3.81. The molecule has 0 N–H and O–H groups in total. The number of amides is 1. The summed E-state index contributed by atoms with van der Waals surface area (Å²) in [6.07, 6.45) is 3.53. The van der Waals surface area contributed by atoms with E-state index in [9.17, 15) is 4.79 Å². The molecule has 27 heavy (non-hydrogen) atoms. The molecule has 2 heterocycles. The Morgan fingerprint density at radius 3 is 2.67 bits per heavy atom. The maximum Gasteiger partial charge on any atom is 0.267 e. The van der Waals surface area contributed by atoms with E-state index in [4.69, 9.17) is 4.42 Å². The summed E-state index contributed by atoms with van der Waals surface area (Å²) in [5.74, 6) is 0.661. The maximum atomic E-state index is 13.0. The van der Waals surface area contributed by atoms with Crippen LogP contribution < -0.4 is 0 Å². The van der Waals surface area contributed by atoms with Gasteiger partial charge in [-0.15, -0.1) is 0 Å². The molecule has 0 saturated carbocycles. The topological polar surface area (TPSA) is 45.8 Å². The number of thioether (sulfide) groups is 1. The molecule has 0 aliphatic carbocycles. The number of nitrogens with zero attached hydrogens (tertiary/aromatic N) is 2. The summed E-state index contributed by atoms with van der Waals surface area (Å²) in [4.78, 5) is 20.0. The number of carbonyl (C=O) groups is 1. The van der Waals surface area contributed by atoms with E-state index in [2.05, 4.69) is 11.1 Å². The summed E-state index contributed by atoms with van der Waals surface area (Å²) in [5, 5.41) is 0.654. The first-order chi connectivity index (χ1) is 13.2. The molecule has 1 amide bonds. The molecule has 4 nitrogen and oxygen atoms in total. The predicted molar refractivity (Wildman–Crippen MR) is 110 cm³/mol. The van der Waals surface area contributed by atoms with E-state index >= 15 is 0 Å². The van der Waals surface area contributed by atoms with Crippen molar-refractivity contribution in [2.75, 3.05) is 0 Å². The van der Waals surface area contributed by atoms with Gasteiger partial charge in [0.2, 0.25) is 0 Å². The molecule has 3 aromatic rings. The summed E-state index contributed by atoms with van der Waals surface area (Å²) in [7, 11) is 0. The quantitative estimate of drug-likeness (QED) is 0.575. The zero-order chi connectivity index (χ0) is 18.6. The van der Waals surface area contributed by atoms with Crippen molar-refractivity contribution in [3.63, 3.8) is 0 Å². The Bertz CT molecular complexity index is 1010. The van der Waals surface area contributed by atoms with E-state index in [-0.39, 0.29) is 5.91 Å². The Labute approximate surface area is 162 Å². The number of aryl methyl sites for hydroxylation is 1. The van der Waals surface area contributed by atoms with Crippen LogP contribution in [0.2, 0.25) is 0 Å². The molecule has 1 aliphatic heterocycles. The molecule has 1 saturated heterocycles. The van der Waals surface area contributed by atoms with Gasteiger partial charge in [-0.25, -0.2) is 4.99 Å². The highest BCUT2D eigenvalue weighted by Gasteiger charge is 2.34. The SMILES string of the molecule is Cc1cccc(/C=C2\SC(=Nc3ccccc3)N(Cc3ccco3)C2=O)c1. The Hall–Kier alpha value is -3.05. The first-order valence-corrected chi connectivity index (χ1v) is 9.45. The van der Waals surface area contributed by atoms with Gasteiger partial charge in [-0.1, -0.05) is 48.0 Å². The third kappa shape index (κ3) is 4.04. The molecular formula is C22H18N2O2S. The lowest BCUT2D eigenvalue weighted by Crippen LogP contribution is -2.28. The monoisotopic (exact) mass is 374 g/mol. The van der Waals surface area contributed by atoms with Crippen LogP contribution in [0.3, 0.4) is 0 Å². The van der Waals surface area contributed by atoms with Gasteiger partial charge < -0.3 is 4.42 Å². The van der Waals surface area contributed by atoms with Crippen LogP contribution in [0, 0.1) is 6.92 Å². The van der Waals surface area contributed by atoms with Crippen molar-refractivity contribution in [1.29, 1.82) is 0 Å². The van der Waals surface area contributed by atoms with Crippen LogP contribution in [-0.4, -0.2) is 16.0 Å². The van der Waals surface area contributed by atoms with Gasteiger partial charge in [-0.3, -0.25) is 9.69 Å². The fourth-order valence-electron chi connectivity index (χ4n) is 2.81. The molecular weight excluding hydrogens is 356 g/mol. The zero-order valence-corrected chi connectivity index (χ0v) is 15.6. The van der Waals surface area contributed by atoms with Crippen molar-refractivity contribution >= 4 is 34.6 Å². The van der Waals surface area contributed by atoms with E-state index in [1.807, 2.05) is 73.7 Å². The van der Waals surface area contributed by atoms with Gasteiger partial charge in [-0.05, 0) is 54.6 Å². The van der Waals surface area contributed by atoms with Crippen LogP contribution in [0.4, 0.5) is 5.69 Å². The van der Waals surface area contributed by atoms with Crippen LogP contribution >= 0.6 is 11.8 Å². The second kappa shape index (κ2) is 7.68. The standard InChI is InChI=1S/C22H18N2O2S/c1-16-7-5-8-17(13-16)14-20-21(25)24(15-19-11-6-12-26-19)22(27-20)23-18-9-3-2-4-10-18/h2-14H,15H2,1H3/b20-14-,23-22?. The van der Waals surface area contributed by atoms with E-state index < -0.39 is 0 Å². The molecule has 134 valence electrons. The van der Waals surface area contributed by atoms with Crippen LogP contribution in [0.5, 0.6) is 0 Å². The summed E-state index contributed by atoms with van der Waals surface area (Å²) in [6, 6.07) is 21.4. The minimum Gasteiger partial charge on any atom is -0.467 e. The molecule has 1 aromatic heterocycles. The Balaban J connectivity index is 1.69. The highest BCUT2D eigenvalue weighted by molar-refractivity contribution is 8.18. The molecule has 0 spiro atoms. The van der Waals surface area contributed by atoms with Gasteiger partial charge in [0.15, 0.2) is 5.17 Å². The average Bonchev–Trinajstić information content (AvgIpc) is 3.27. The summed E-state index contributed by atoms with van der Waals surface area (Å²) >= 11 is 1.39. The van der Waals surface area contributed by atoms with E-state index in [0.29, 0.717) is 16.6 Å². The molecule has 0 atom stereocenters. The minimum atomic E-state index is -0.0624. The van der Waals surface area contributed by atoms with Crippen LogP contribution in [0.25, 0.3) is 6.08 Å². The van der Waals surface area contributed by atoms with Crippen LogP contribution in [0.1, 0.15) is 16.9 Å². The van der Waals surface area contributed by atoms with E-state index in [1.54, 1.807) is 11.2 Å². The number of carbonyl (C=O) groups excluding carboxylic acids is 1. The number of para-hydroxylation sites is 1. The van der Waals surface area contributed by atoms with Gasteiger partial charge in [-0.2, -0.15) is 0 Å². The van der Waals surface area contributed by atoms with Gasteiger partial charge >= 0.3 is 0 Å². The number of aliphatic imine (C=N–C) groups is 1. The number of amidine groups is 1. The van der Waals surface area contributed by atoms with Gasteiger partial charge in [0.1, 0.15) is 5.76 Å². The van der Waals surface area contributed by atoms with Crippen molar-refractivity contribution in [1.82, 2.24) is 4.90 Å². The molecule has 1 aliphatic rings. The third-order valence-corrected chi connectivity index (χ3v) is 5.11. The number of hydrogen-bond donors (Lipinski definition) is 0. The molecule has 0 bridgehead atoms. The van der Waals surface area contributed by atoms with Gasteiger partial charge in [0, 0.05) is 0 Å². The maximum absolute atomic E-state index is 13.0. The van der Waals surface area contributed by atoms with Crippen molar-refractivity contribution in [2.24, 2.45) is 4.99 Å². The predicted octanol–water partition coefficient (Wildman–Crippen LogP) is 5.39. The highest BCUT2D eigenvalue weighted by atomic mass is 32.2. The molecule has 2 aromatic carbocycles. The average molecular weight is 374 g/mol. The first-order valence-electron chi connectivity index (χ1n) is 8.63. The van der Waals surface area contributed by atoms with Crippen LogP contribution in [-0.2, 0) is 11.3 Å². The summed E-state index contributed by atoms with van der Waals surface area (Å²) in [6.45, 7) is 2.40. The van der Waals surface area contributed by atoms with Crippen molar-refractivity contribution in [3.8, 4) is 0 Å². The molecule has 0 unspecified atom stereocenters. The lowest BCUT2D eigenvalue weighted by atomic mass is 10.1. The third-order valence-electron chi connectivity index (χ3n) is 4.10. The second-order valence-corrected chi connectivity index (χ2v) is 7.23. The van der Waals surface area contributed by atoms with Crippen molar-refractivity contribution in [2.45, 2.75) is 13.5 Å². The molecule has 1 fully saturated rings. The molecule has 4 rings (SSSR count). The van der Waals surface area contributed by atoms with Crippen molar-refractivity contribution in [3.05, 3.63) is 94.8 Å². The normalized spacial score (nSPS) is 17.2. The molecule has 5 heteroatoms. The summed E-state index contributed by atoms with van der Waals surface area (Å²) < 4.78 is 5.43. The lowest BCUT2D eigenvalue weighted by molar-refractivity contribution is -0.122. The highest BCUT2D eigenvalue weighted by Crippen LogP contribution is 2.35. The zero-order valence-electron chi connectivity index (χ0n) is 14.8. The Morgan fingerprint density at radius 2 is 1.93 bits per heavy atom. The summed E-state index contributed by atoms with van der Waals surface area (Å²) in [5.41, 5.74) is 2.98. The lowest BCUT2D eigenvalue weighted by Gasteiger charge is -2.13. The van der Waals surface area contributed by atoms with Gasteiger partial charge in [0.05, 0.1) is 23.4 Å². The van der Waals surface area contributed by atoms with E-state index in [1.165, 1.54) is 11.8 Å². The number of hydrogen-bond acceptors (Lipinski definition) is 4. The second-order valence-electron chi connectivity index (χ2n) is 6.23. The Kier molecular flexibility index (Phi) is 4.94. The van der Waals surface area contributed by atoms with Crippen LogP contribution in [0.15, 0.2) is 87.3 Å².